The molecule has 10 heteroatoms. The number of aromatic nitrogens is 3. The van der Waals surface area contributed by atoms with Crippen LogP contribution < -0.4 is 0 Å². The molecule has 180 valence electrons. The zero-order chi connectivity index (χ0) is 24.3. The second kappa shape index (κ2) is 10.5. The highest BCUT2D eigenvalue weighted by molar-refractivity contribution is 7.99. The monoisotopic (exact) mass is 518 g/mol. The predicted molar refractivity (Wildman–Crippen MR) is 136 cm³/mol. The molecule has 1 amide bonds. The SMILES string of the molecule is CCC(C)N(C(=O)CSc1nnc(-c2ccc(Cl)cc2)n1-c1ccccc1)C1CCS(=O)(=O)C1. The predicted octanol–water partition coefficient (Wildman–Crippen LogP) is 4.49. The van der Waals surface area contributed by atoms with E-state index in [4.69, 9.17) is 11.6 Å². The Morgan fingerprint density at radius 3 is 2.50 bits per heavy atom. The molecule has 2 aromatic carbocycles. The first-order valence-corrected chi connectivity index (χ1v) is 14.4. The van der Waals surface area contributed by atoms with E-state index in [2.05, 4.69) is 10.2 Å². The van der Waals surface area contributed by atoms with Gasteiger partial charge in [-0.25, -0.2) is 8.42 Å². The minimum absolute atomic E-state index is 0.0364. The van der Waals surface area contributed by atoms with Gasteiger partial charge in [0, 0.05) is 28.4 Å². The normalized spacial score (nSPS) is 18.0. The topological polar surface area (TPSA) is 85.2 Å². The summed E-state index contributed by atoms with van der Waals surface area (Å²) in [6, 6.07) is 16.8. The number of para-hydroxylation sites is 1. The molecule has 0 bridgehead atoms. The summed E-state index contributed by atoms with van der Waals surface area (Å²) in [7, 11) is -3.09. The number of thioether (sulfide) groups is 1. The Kier molecular flexibility index (Phi) is 7.64. The van der Waals surface area contributed by atoms with Crippen LogP contribution in [0, 0.1) is 0 Å². The third-order valence-electron chi connectivity index (χ3n) is 6.03. The fourth-order valence-electron chi connectivity index (χ4n) is 4.16. The van der Waals surface area contributed by atoms with Crippen LogP contribution in [-0.4, -0.2) is 63.3 Å². The quantitative estimate of drug-likeness (QED) is 0.408. The standard InChI is InChI=1S/C24H27ClN4O3S2/c1-3-17(2)28(21-13-14-34(31,32)16-21)22(30)15-33-24-27-26-23(18-9-11-19(25)12-10-18)29(24)20-7-5-4-6-8-20/h4-12,17,21H,3,13-16H2,1-2H3. The first-order valence-electron chi connectivity index (χ1n) is 11.2. The number of sulfone groups is 1. The summed E-state index contributed by atoms with van der Waals surface area (Å²) in [6.07, 6.45) is 1.25. The lowest BCUT2D eigenvalue weighted by Gasteiger charge is -2.33. The van der Waals surface area contributed by atoms with Crippen molar-refractivity contribution in [1.82, 2.24) is 19.7 Å². The van der Waals surface area contributed by atoms with Gasteiger partial charge < -0.3 is 4.90 Å². The first kappa shape index (κ1) is 24.8. The molecule has 1 aliphatic rings. The molecule has 1 aliphatic heterocycles. The molecule has 0 aliphatic carbocycles. The average Bonchev–Trinajstić information content (AvgIpc) is 3.41. The molecule has 1 aromatic heterocycles. The highest BCUT2D eigenvalue weighted by atomic mass is 35.5. The first-order chi connectivity index (χ1) is 16.3. The molecule has 34 heavy (non-hydrogen) atoms. The van der Waals surface area contributed by atoms with Crippen LogP contribution >= 0.6 is 23.4 Å². The van der Waals surface area contributed by atoms with Gasteiger partial charge in [0.1, 0.15) is 0 Å². The number of hydrogen-bond acceptors (Lipinski definition) is 6. The van der Waals surface area contributed by atoms with Gasteiger partial charge in [-0.1, -0.05) is 48.5 Å². The number of rotatable bonds is 8. The number of carbonyl (C=O) groups is 1. The fourth-order valence-corrected chi connectivity index (χ4v) is 6.82. The molecule has 7 nitrogen and oxygen atoms in total. The van der Waals surface area contributed by atoms with Gasteiger partial charge in [-0.2, -0.15) is 0 Å². The van der Waals surface area contributed by atoms with E-state index in [1.165, 1.54) is 11.8 Å². The van der Waals surface area contributed by atoms with Gasteiger partial charge in [-0.3, -0.25) is 9.36 Å². The van der Waals surface area contributed by atoms with Crippen molar-refractivity contribution in [2.45, 2.75) is 43.9 Å². The molecular weight excluding hydrogens is 492 g/mol. The maximum atomic E-state index is 13.3. The second-order valence-electron chi connectivity index (χ2n) is 8.39. The van der Waals surface area contributed by atoms with Gasteiger partial charge in [0.15, 0.2) is 20.8 Å². The van der Waals surface area contributed by atoms with Crippen LogP contribution in [0.4, 0.5) is 0 Å². The molecule has 2 unspecified atom stereocenters. The van der Waals surface area contributed by atoms with Gasteiger partial charge in [-0.15, -0.1) is 10.2 Å². The van der Waals surface area contributed by atoms with Crippen molar-refractivity contribution in [3.8, 4) is 17.1 Å². The smallest absolute Gasteiger partial charge is 0.233 e. The third kappa shape index (κ3) is 5.47. The van der Waals surface area contributed by atoms with Crippen LogP contribution in [0.25, 0.3) is 17.1 Å². The summed E-state index contributed by atoms with van der Waals surface area (Å²) in [5, 5.41) is 10.0. The minimum atomic E-state index is -3.09. The van der Waals surface area contributed by atoms with Crippen LogP contribution in [0.15, 0.2) is 59.8 Å². The van der Waals surface area contributed by atoms with E-state index in [9.17, 15) is 13.2 Å². The zero-order valence-corrected chi connectivity index (χ0v) is 21.5. The van der Waals surface area contributed by atoms with Crippen LogP contribution in [0.2, 0.25) is 5.02 Å². The third-order valence-corrected chi connectivity index (χ3v) is 8.95. The Hall–Kier alpha value is -2.36. The molecule has 4 rings (SSSR count). The summed E-state index contributed by atoms with van der Waals surface area (Å²) in [5.74, 6) is 0.884. The highest BCUT2D eigenvalue weighted by Gasteiger charge is 2.36. The van der Waals surface area contributed by atoms with E-state index in [0.29, 0.717) is 22.4 Å². The summed E-state index contributed by atoms with van der Waals surface area (Å²) in [4.78, 5) is 15.1. The van der Waals surface area contributed by atoms with Crippen molar-refractivity contribution in [3.05, 3.63) is 59.6 Å². The molecule has 2 atom stereocenters. The number of halogens is 1. The van der Waals surface area contributed by atoms with Gasteiger partial charge in [-0.05, 0) is 56.2 Å². The molecule has 0 radical (unpaired) electrons. The van der Waals surface area contributed by atoms with Crippen LogP contribution in [-0.2, 0) is 14.6 Å². The Labute approximate surface area is 209 Å². The lowest BCUT2D eigenvalue weighted by Crippen LogP contribution is -2.47. The van der Waals surface area contributed by atoms with E-state index < -0.39 is 9.84 Å². The Bertz CT molecular complexity index is 1250. The molecule has 2 heterocycles. The van der Waals surface area contributed by atoms with Crippen molar-refractivity contribution >= 4 is 39.1 Å². The van der Waals surface area contributed by atoms with Crippen molar-refractivity contribution in [1.29, 1.82) is 0 Å². The Morgan fingerprint density at radius 1 is 1.18 bits per heavy atom. The van der Waals surface area contributed by atoms with Crippen LogP contribution in [0.3, 0.4) is 0 Å². The lowest BCUT2D eigenvalue weighted by atomic mass is 10.1. The summed E-state index contributed by atoms with van der Waals surface area (Å²) in [5.41, 5.74) is 1.74. The van der Waals surface area contributed by atoms with E-state index in [-0.39, 0.29) is 35.2 Å². The van der Waals surface area contributed by atoms with Crippen molar-refractivity contribution in [2.24, 2.45) is 0 Å². The summed E-state index contributed by atoms with van der Waals surface area (Å²) >= 11 is 7.36. The van der Waals surface area contributed by atoms with E-state index in [0.717, 1.165) is 17.7 Å². The maximum Gasteiger partial charge on any atom is 0.233 e. The number of carbonyl (C=O) groups excluding carboxylic acids is 1. The van der Waals surface area contributed by atoms with Crippen LogP contribution in [0.1, 0.15) is 26.7 Å². The molecule has 1 fully saturated rings. The van der Waals surface area contributed by atoms with Crippen LogP contribution in [0.5, 0.6) is 0 Å². The van der Waals surface area contributed by atoms with Gasteiger partial charge in [0.2, 0.25) is 5.91 Å². The van der Waals surface area contributed by atoms with E-state index in [1.807, 2.05) is 60.9 Å². The van der Waals surface area contributed by atoms with Gasteiger partial charge in [0.25, 0.3) is 0 Å². The molecule has 0 saturated carbocycles. The van der Waals surface area contributed by atoms with E-state index in [1.54, 1.807) is 17.0 Å². The number of benzene rings is 2. The number of hydrogen-bond donors (Lipinski definition) is 0. The summed E-state index contributed by atoms with van der Waals surface area (Å²) < 4.78 is 26.0. The molecular formula is C24H27ClN4O3S2. The minimum Gasteiger partial charge on any atom is -0.335 e. The largest absolute Gasteiger partial charge is 0.335 e. The second-order valence-corrected chi connectivity index (χ2v) is 12.0. The number of nitrogens with zero attached hydrogens (tertiary/aromatic N) is 4. The highest BCUT2D eigenvalue weighted by Crippen LogP contribution is 2.30. The summed E-state index contributed by atoms with van der Waals surface area (Å²) in [6.45, 7) is 3.98. The fraction of sp³-hybridized carbons (Fsp3) is 0.375. The van der Waals surface area contributed by atoms with Gasteiger partial charge >= 0.3 is 0 Å². The van der Waals surface area contributed by atoms with Crippen molar-refractivity contribution < 1.29 is 13.2 Å². The Morgan fingerprint density at radius 2 is 1.88 bits per heavy atom. The van der Waals surface area contributed by atoms with Gasteiger partial charge in [0.05, 0.1) is 17.3 Å². The molecule has 0 spiro atoms. The molecule has 1 saturated heterocycles. The number of amides is 1. The average molecular weight is 519 g/mol. The Balaban J connectivity index is 1.61. The van der Waals surface area contributed by atoms with E-state index >= 15 is 0 Å². The van der Waals surface area contributed by atoms with Crippen molar-refractivity contribution in [2.75, 3.05) is 17.3 Å². The molecule has 0 N–H and O–H groups in total. The van der Waals surface area contributed by atoms with Crippen molar-refractivity contribution in [3.63, 3.8) is 0 Å². The zero-order valence-electron chi connectivity index (χ0n) is 19.1. The maximum absolute atomic E-state index is 13.3. The molecule has 3 aromatic rings. The lowest BCUT2D eigenvalue weighted by molar-refractivity contribution is -0.132.